The van der Waals surface area contributed by atoms with Gasteiger partial charge in [-0.1, -0.05) is 5.16 Å². The Morgan fingerprint density at radius 3 is 2.88 bits per heavy atom. The molecule has 2 N–H and O–H groups in total. The minimum absolute atomic E-state index is 0.0307. The van der Waals surface area contributed by atoms with Gasteiger partial charge in [0.1, 0.15) is 5.76 Å². The van der Waals surface area contributed by atoms with Crippen molar-refractivity contribution in [1.82, 2.24) is 19.8 Å². The Hall–Kier alpha value is -2.19. The van der Waals surface area contributed by atoms with Crippen LogP contribution in [-0.2, 0) is 4.79 Å². The lowest BCUT2D eigenvalue weighted by atomic mass is 9.77. The highest BCUT2D eigenvalue weighted by molar-refractivity contribution is 5.91. The fourth-order valence-corrected chi connectivity index (χ4v) is 4.21. The summed E-state index contributed by atoms with van der Waals surface area (Å²) in [6.45, 7) is 3.84. The number of amides is 1. The number of fused-ring (bicyclic) bond motifs is 1. The van der Waals surface area contributed by atoms with Crippen LogP contribution in [0.3, 0.4) is 0 Å². The number of aliphatic hydroxyl groups excluding tert-OH is 1. The van der Waals surface area contributed by atoms with Crippen LogP contribution >= 0.6 is 0 Å². The fourth-order valence-electron chi connectivity index (χ4n) is 4.21. The zero-order valence-electron chi connectivity index (χ0n) is 14.2. The molecule has 0 aromatic carbocycles. The summed E-state index contributed by atoms with van der Waals surface area (Å²) in [5.74, 6) is 1.95. The standard InChI is InChI=1S/C17H23N5O3/c1-11-5-16(20-25-11)19-17(24)10-21-8-12-6-14(22-4-2-3-18-22)15(23)7-13(12)9-21/h2-5,12-15,23H,6-10H2,1H3,(H,19,20,24)/t12-,13+,14-,15-/m1/s1. The van der Waals surface area contributed by atoms with E-state index >= 15 is 0 Å². The maximum atomic E-state index is 12.2. The lowest BCUT2D eigenvalue weighted by molar-refractivity contribution is -0.117. The second kappa shape index (κ2) is 6.61. The maximum absolute atomic E-state index is 12.2. The van der Waals surface area contributed by atoms with Crippen LogP contribution in [-0.4, -0.2) is 56.6 Å². The van der Waals surface area contributed by atoms with E-state index in [-0.39, 0.29) is 18.1 Å². The fraction of sp³-hybridized carbons (Fsp3) is 0.588. The monoisotopic (exact) mass is 345 g/mol. The van der Waals surface area contributed by atoms with Gasteiger partial charge in [-0.05, 0) is 37.7 Å². The van der Waals surface area contributed by atoms with Gasteiger partial charge >= 0.3 is 0 Å². The van der Waals surface area contributed by atoms with Gasteiger partial charge < -0.3 is 14.9 Å². The number of aryl methyl sites for hydroxylation is 1. The number of carbonyl (C=O) groups excluding carboxylic acids is 1. The smallest absolute Gasteiger partial charge is 0.239 e. The first kappa shape index (κ1) is 16.3. The molecule has 2 fully saturated rings. The zero-order chi connectivity index (χ0) is 17.4. The van der Waals surface area contributed by atoms with Crippen LogP contribution < -0.4 is 5.32 Å². The van der Waals surface area contributed by atoms with Crippen molar-refractivity contribution in [2.45, 2.75) is 31.9 Å². The number of aliphatic hydroxyl groups is 1. The van der Waals surface area contributed by atoms with E-state index in [9.17, 15) is 9.90 Å². The van der Waals surface area contributed by atoms with Gasteiger partial charge in [0.2, 0.25) is 5.91 Å². The number of hydrogen-bond donors (Lipinski definition) is 2. The zero-order valence-corrected chi connectivity index (χ0v) is 14.2. The Bertz CT molecular complexity index is 728. The molecule has 134 valence electrons. The molecular formula is C17H23N5O3. The van der Waals surface area contributed by atoms with E-state index in [1.165, 1.54) is 0 Å². The normalized spacial score (nSPS) is 29.5. The average molecular weight is 345 g/mol. The molecule has 1 aliphatic carbocycles. The van der Waals surface area contributed by atoms with E-state index in [4.69, 9.17) is 4.52 Å². The number of rotatable bonds is 4. The molecule has 4 rings (SSSR count). The lowest BCUT2D eigenvalue weighted by Crippen LogP contribution is -2.36. The minimum atomic E-state index is -0.381. The van der Waals surface area contributed by atoms with E-state index in [2.05, 4.69) is 20.5 Å². The lowest BCUT2D eigenvalue weighted by Gasteiger charge is -2.35. The third-order valence-electron chi connectivity index (χ3n) is 5.31. The molecule has 0 radical (unpaired) electrons. The summed E-state index contributed by atoms with van der Waals surface area (Å²) < 4.78 is 6.82. The summed E-state index contributed by atoms with van der Waals surface area (Å²) in [5.41, 5.74) is 0. The Morgan fingerprint density at radius 2 is 2.20 bits per heavy atom. The van der Waals surface area contributed by atoms with Crippen LogP contribution in [0.15, 0.2) is 29.0 Å². The minimum Gasteiger partial charge on any atom is -0.391 e. The van der Waals surface area contributed by atoms with Gasteiger partial charge in [0.25, 0.3) is 0 Å². The Labute approximate surface area is 145 Å². The number of carbonyl (C=O) groups is 1. The van der Waals surface area contributed by atoms with Gasteiger partial charge in [0.05, 0.1) is 18.7 Å². The first-order valence-corrected chi connectivity index (χ1v) is 8.71. The predicted molar refractivity (Wildman–Crippen MR) is 89.8 cm³/mol. The average Bonchev–Trinajstić information content (AvgIpc) is 3.27. The molecule has 0 unspecified atom stereocenters. The van der Waals surface area contributed by atoms with Crippen LogP contribution in [0.5, 0.6) is 0 Å². The van der Waals surface area contributed by atoms with E-state index < -0.39 is 0 Å². The largest absolute Gasteiger partial charge is 0.391 e. The summed E-state index contributed by atoms with van der Waals surface area (Å²) >= 11 is 0. The highest BCUT2D eigenvalue weighted by Gasteiger charge is 2.42. The van der Waals surface area contributed by atoms with Crippen LogP contribution in [0.25, 0.3) is 0 Å². The van der Waals surface area contributed by atoms with Crippen molar-refractivity contribution in [2.75, 3.05) is 25.0 Å². The van der Waals surface area contributed by atoms with Crippen molar-refractivity contribution in [3.8, 4) is 0 Å². The van der Waals surface area contributed by atoms with Gasteiger partial charge in [-0.25, -0.2) is 0 Å². The molecule has 2 aliphatic rings. The van der Waals surface area contributed by atoms with E-state index in [1.54, 1.807) is 19.2 Å². The molecule has 1 aliphatic heterocycles. The van der Waals surface area contributed by atoms with Crippen molar-refractivity contribution in [3.05, 3.63) is 30.3 Å². The third kappa shape index (κ3) is 3.45. The number of anilines is 1. The Morgan fingerprint density at radius 1 is 1.40 bits per heavy atom. The molecule has 1 saturated heterocycles. The van der Waals surface area contributed by atoms with Crippen LogP contribution in [0.4, 0.5) is 5.82 Å². The highest BCUT2D eigenvalue weighted by Crippen LogP contribution is 2.40. The number of likely N-dealkylation sites (tertiary alicyclic amines) is 1. The molecule has 25 heavy (non-hydrogen) atoms. The molecule has 2 aromatic heterocycles. The van der Waals surface area contributed by atoms with Crippen LogP contribution in [0.2, 0.25) is 0 Å². The van der Waals surface area contributed by atoms with Crippen molar-refractivity contribution in [3.63, 3.8) is 0 Å². The van der Waals surface area contributed by atoms with E-state index in [1.807, 2.05) is 16.9 Å². The number of nitrogens with one attached hydrogen (secondary N) is 1. The van der Waals surface area contributed by atoms with E-state index in [0.717, 1.165) is 25.9 Å². The predicted octanol–water partition coefficient (Wildman–Crippen LogP) is 1.06. The number of aromatic nitrogens is 3. The summed E-state index contributed by atoms with van der Waals surface area (Å²) in [7, 11) is 0. The number of nitrogens with zero attached hydrogens (tertiary/aromatic N) is 4. The molecule has 0 bridgehead atoms. The quantitative estimate of drug-likeness (QED) is 0.860. The molecule has 3 heterocycles. The first-order valence-electron chi connectivity index (χ1n) is 8.71. The van der Waals surface area contributed by atoms with Crippen molar-refractivity contribution in [2.24, 2.45) is 11.8 Å². The summed E-state index contributed by atoms with van der Waals surface area (Å²) in [4.78, 5) is 14.4. The van der Waals surface area contributed by atoms with Gasteiger partial charge in [-0.2, -0.15) is 5.10 Å². The Kier molecular flexibility index (Phi) is 4.30. The molecule has 2 aromatic rings. The molecular weight excluding hydrogens is 322 g/mol. The number of hydrogen-bond acceptors (Lipinski definition) is 6. The van der Waals surface area contributed by atoms with Gasteiger partial charge in [0.15, 0.2) is 5.82 Å². The summed E-state index contributed by atoms with van der Waals surface area (Å²) in [6.07, 6.45) is 4.93. The van der Waals surface area contributed by atoms with Crippen molar-refractivity contribution in [1.29, 1.82) is 0 Å². The van der Waals surface area contributed by atoms with Crippen LogP contribution in [0, 0.1) is 18.8 Å². The molecule has 1 amide bonds. The second-order valence-corrected chi connectivity index (χ2v) is 7.18. The van der Waals surface area contributed by atoms with Crippen molar-refractivity contribution < 1.29 is 14.4 Å². The first-order chi connectivity index (χ1) is 12.1. The maximum Gasteiger partial charge on any atom is 0.239 e. The van der Waals surface area contributed by atoms with Gasteiger partial charge in [-0.15, -0.1) is 0 Å². The SMILES string of the molecule is Cc1cc(NC(=O)CN2C[C@H]3C[C@@H](n4cccn4)[C@H](O)C[C@H]3C2)no1. The molecule has 8 heteroatoms. The second-order valence-electron chi connectivity index (χ2n) is 7.18. The summed E-state index contributed by atoms with van der Waals surface area (Å²) in [6, 6.07) is 3.62. The molecule has 8 nitrogen and oxygen atoms in total. The Balaban J connectivity index is 1.34. The van der Waals surface area contributed by atoms with Gasteiger partial charge in [0, 0.05) is 31.5 Å². The summed E-state index contributed by atoms with van der Waals surface area (Å²) in [5, 5.41) is 21.3. The van der Waals surface area contributed by atoms with Crippen molar-refractivity contribution >= 4 is 11.7 Å². The molecule has 1 saturated carbocycles. The van der Waals surface area contributed by atoms with Crippen LogP contribution in [0.1, 0.15) is 24.6 Å². The van der Waals surface area contributed by atoms with Gasteiger partial charge in [-0.3, -0.25) is 14.4 Å². The topological polar surface area (TPSA) is 96.4 Å². The van der Waals surface area contributed by atoms with E-state index in [0.29, 0.717) is 30.0 Å². The molecule has 4 atom stereocenters. The third-order valence-corrected chi connectivity index (χ3v) is 5.31. The molecule has 0 spiro atoms. The highest BCUT2D eigenvalue weighted by atomic mass is 16.5.